The molecule has 9 heavy (non-hydrogen) atoms. The Morgan fingerprint density at radius 2 is 1.67 bits per heavy atom. The molecule has 0 spiro atoms. The maximum atomic E-state index is 10.0. The van der Waals surface area contributed by atoms with Gasteiger partial charge in [0.05, 0.1) is 0 Å². The quantitative estimate of drug-likeness (QED) is 0.451. The smallest absolute Gasteiger partial charge is 0.150 e. The van der Waals surface area contributed by atoms with Crippen LogP contribution >= 0.6 is 0 Å². The van der Waals surface area contributed by atoms with E-state index < -0.39 is 0 Å². The second-order valence-electron chi connectivity index (χ2n) is 1.53. The molecule has 1 aromatic carbocycles. The summed E-state index contributed by atoms with van der Waals surface area (Å²) < 4.78 is 0. The molecule has 0 saturated heterocycles. The minimum Gasteiger partial charge on any atom is -0.298 e. The number of hydrogen-bond acceptors (Lipinski definition) is 1. The van der Waals surface area contributed by atoms with Gasteiger partial charge in [-0.05, 0) is 0 Å². The van der Waals surface area contributed by atoms with Crippen molar-refractivity contribution in [1.29, 1.82) is 0 Å². The molecule has 2 heteroatoms. The van der Waals surface area contributed by atoms with Gasteiger partial charge in [-0.3, -0.25) is 4.79 Å². The van der Waals surface area contributed by atoms with E-state index in [1.165, 1.54) is 0 Å². The van der Waals surface area contributed by atoms with Gasteiger partial charge >= 0.3 is 0 Å². The van der Waals surface area contributed by atoms with Crippen LogP contribution in [0.25, 0.3) is 0 Å². The molecular formula is C7H6FeO. The molecule has 1 nitrogen and oxygen atoms in total. The normalized spacial score (nSPS) is 7.56. The van der Waals surface area contributed by atoms with Crippen LogP contribution in [0.15, 0.2) is 30.3 Å². The fourth-order valence-corrected chi connectivity index (χ4v) is 0.532. The van der Waals surface area contributed by atoms with Gasteiger partial charge in [-0.2, -0.15) is 0 Å². The van der Waals surface area contributed by atoms with E-state index in [1.807, 2.05) is 18.2 Å². The minimum absolute atomic E-state index is 0. The molecule has 0 unspecified atom stereocenters. The van der Waals surface area contributed by atoms with E-state index in [0.717, 1.165) is 11.8 Å². The third-order valence-corrected chi connectivity index (χ3v) is 0.936. The van der Waals surface area contributed by atoms with Crippen molar-refractivity contribution in [1.82, 2.24) is 0 Å². The summed E-state index contributed by atoms with van der Waals surface area (Å²) in [4.78, 5) is 10.0. The number of hydrogen-bond donors (Lipinski definition) is 0. The fraction of sp³-hybridized carbons (Fsp3) is 0. The summed E-state index contributed by atoms with van der Waals surface area (Å²) in [6.07, 6.45) is 0.833. The molecular weight excluding hydrogens is 156 g/mol. The molecule has 0 N–H and O–H groups in total. The Hall–Kier alpha value is -0.591. The van der Waals surface area contributed by atoms with E-state index in [1.54, 1.807) is 12.1 Å². The van der Waals surface area contributed by atoms with Crippen molar-refractivity contribution >= 4 is 6.29 Å². The zero-order valence-corrected chi connectivity index (χ0v) is 5.83. The minimum atomic E-state index is 0. The molecule has 0 aliphatic carbocycles. The molecule has 0 aliphatic rings. The van der Waals surface area contributed by atoms with E-state index in [4.69, 9.17) is 0 Å². The van der Waals surface area contributed by atoms with Gasteiger partial charge in [-0.1, -0.05) is 30.3 Å². The van der Waals surface area contributed by atoms with Crippen LogP contribution in [0.4, 0.5) is 0 Å². The van der Waals surface area contributed by atoms with Crippen molar-refractivity contribution in [3.8, 4) is 0 Å². The zero-order chi connectivity index (χ0) is 5.82. The molecule has 1 rings (SSSR count). The van der Waals surface area contributed by atoms with E-state index in [-0.39, 0.29) is 17.1 Å². The number of aldehydes is 1. The van der Waals surface area contributed by atoms with Crippen LogP contribution < -0.4 is 0 Å². The van der Waals surface area contributed by atoms with Crippen LogP contribution in [0, 0.1) is 0 Å². The van der Waals surface area contributed by atoms with E-state index >= 15 is 0 Å². The average molecular weight is 162 g/mol. The molecule has 0 amide bonds. The van der Waals surface area contributed by atoms with E-state index in [9.17, 15) is 4.79 Å². The van der Waals surface area contributed by atoms with E-state index in [0.29, 0.717) is 0 Å². The Balaban J connectivity index is 0.000000640. The Labute approximate surface area is 64.6 Å². The number of carbonyl (C=O) groups excluding carboxylic acids is 1. The van der Waals surface area contributed by atoms with Gasteiger partial charge in [-0.25, -0.2) is 0 Å². The van der Waals surface area contributed by atoms with Gasteiger partial charge in [-0.15, -0.1) is 0 Å². The summed E-state index contributed by atoms with van der Waals surface area (Å²) in [5.41, 5.74) is 0.729. The maximum absolute atomic E-state index is 10.0. The standard InChI is InChI=1S/C7H6O.Fe/c8-6-7-4-2-1-3-5-7;/h1-6H;. The van der Waals surface area contributed by atoms with Crippen molar-refractivity contribution < 1.29 is 21.9 Å². The molecule has 0 saturated carbocycles. The molecule has 0 radical (unpaired) electrons. The molecule has 0 fully saturated rings. The topological polar surface area (TPSA) is 17.1 Å². The summed E-state index contributed by atoms with van der Waals surface area (Å²) in [7, 11) is 0. The molecule has 0 atom stereocenters. The molecule has 0 aliphatic heterocycles. The van der Waals surface area contributed by atoms with Crippen LogP contribution in [0.3, 0.4) is 0 Å². The predicted octanol–water partition coefficient (Wildman–Crippen LogP) is 1.50. The number of carbonyl (C=O) groups is 1. The van der Waals surface area contributed by atoms with Crippen LogP contribution in [0.5, 0.6) is 0 Å². The van der Waals surface area contributed by atoms with Crippen LogP contribution in [-0.4, -0.2) is 6.29 Å². The van der Waals surface area contributed by atoms with Gasteiger partial charge in [0.2, 0.25) is 0 Å². The largest absolute Gasteiger partial charge is 0.298 e. The first-order valence-electron chi connectivity index (χ1n) is 2.44. The predicted molar refractivity (Wildman–Crippen MR) is 31.8 cm³/mol. The second-order valence-corrected chi connectivity index (χ2v) is 1.53. The van der Waals surface area contributed by atoms with Crippen molar-refractivity contribution in [2.24, 2.45) is 0 Å². The zero-order valence-electron chi connectivity index (χ0n) is 4.73. The van der Waals surface area contributed by atoms with Gasteiger partial charge in [0, 0.05) is 22.6 Å². The Morgan fingerprint density at radius 1 is 1.11 bits per heavy atom. The Kier molecular flexibility index (Phi) is 4.02. The van der Waals surface area contributed by atoms with Gasteiger partial charge in [0.1, 0.15) is 6.29 Å². The van der Waals surface area contributed by atoms with Gasteiger partial charge < -0.3 is 0 Å². The van der Waals surface area contributed by atoms with Gasteiger partial charge in [0.15, 0.2) is 0 Å². The summed E-state index contributed by atoms with van der Waals surface area (Å²) in [6.45, 7) is 0. The average Bonchev–Trinajstić information content (AvgIpc) is 1.90. The number of benzene rings is 1. The summed E-state index contributed by atoms with van der Waals surface area (Å²) >= 11 is 0. The number of rotatable bonds is 1. The Bertz CT molecular complexity index is 172. The van der Waals surface area contributed by atoms with Crippen molar-refractivity contribution in [3.63, 3.8) is 0 Å². The summed E-state index contributed by atoms with van der Waals surface area (Å²) in [6, 6.07) is 9.10. The van der Waals surface area contributed by atoms with Gasteiger partial charge in [0.25, 0.3) is 0 Å². The van der Waals surface area contributed by atoms with Crippen LogP contribution in [0.1, 0.15) is 10.4 Å². The van der Waals surface area contributed by atoms with Crippen molar-refractivity contribution in [3.05, 3.63) is 35.9 Å². The third-order valence-electron chi connectivity index (χ3n) is 0.936. The first-order chi connectivity index (χ1) is 3.93. The van der Waals surface area contributed by atoms with Crippen LogP contribution in [0.2, 0.25) is 0 Å². The fourth-order valence-electron chi connectivity index (χ4n) is 0.532. The van der Waals surface area contributed by atoms with Crippen LogP contribution in [-0.2, 0) is 17.1 Å². The Morgan fingerprint density at radius 3 is 2.00 bits per heavy atom. The maximum Gasteiger partial charge on any atom is 0.150 e. The SMILES string of the molecule is O=Cc1ccccc1.[Fe]. The monoisotopic (exact) mass is 162 g/mol. The summed E-state index contributed by atoms with van der Waals surface area (Å²) in [5.74, 6) is 0. The molecule has 0 heterocycles. The first-order valence-corrected chi connectivity index (χ1v) is 2.44. The second kappa shape index (κ2) is 4.30. The van der Waals surface area contributed by atoms with Crippen molar-refractivity contribution in [2.45, 2.75) is 0 Å². The molecule has 1 aromatic rings. The molecule has 48 valence electrons. The molecule has 0 bridgehead atoms. The van der Waals surface area contributed by atoms with E-state index in [2.05, 4.69) is 0 Å². The first kappa shape index (κ1) is 8.41. The third kappa shape index (κ3) is 2.45. The molecule has 0 aromatic heterocycles. The summed E-state index contributed by atoms with van der Waals surface area (Å²) in [5, 5.41) is 0. The van der Waals surface area contributed by atoms with Crippen molar-refractivity contribution in [2.75, 3.05) is 0 Å².